The van der Waals surface area contributed by atoms with Gasteiger partial charge in [0.2, 0.25) is 70.9 Å². The van der Waals surface area contributed by atoms with Crippen LogP contribution in [0, 0.1) is 41.4 Å². The standard InChI is InChI=1S/C68H124N12O13/c1-25-49-63(88)79(23)55(38-81)66(91)75(19)52(35-41(6)7)61(86)73-56(43(10)11)67(92)76(20)51(34-40(4)5)59(84)70-46(15)58(83)71-47(16)62(87)78(22)54(36-42(8)9)65(90)74(18)50(32-31-39(2)3)64(89)80(24)57(44(12)13)68(93)77(21)53(60(85)72-49)37-45(14)30-28-26-27-29-33-69-48(17)82/h39-47,49-57,81H,25-38H2,1-24H3,(H,69,82)(H,70,84)(H,71,83)(H,72,85)(H,73,86)/t45-,46-,47+,49-,50-,51-,52+,53-,54-,55-,56-,57-/m1/s1. The van der Waals surface area contributed by atoms with Crippen LogP contribution in [0.15, 0.2) is 0 Å². The monoisotopic (exact) mass is 1320 g/mol. The van der Waals surface area contributed by atoms with Gasteiger partial charge in [0.1, 0.15) is 66.5 Å². The van der Waals surface area contributed by atoms with E-state index in [0.717, 1.165) is 35.5 Å². The van der Waals surface area contributed by atoms with Crippen LogP contribution in [0.3, 0.4) is 0 Å². The molecule has 25 heteroatoms. The van der Waals surface area contributed by atoms with Gasteiger partial charge in [-0.3, -0.25) is 57.5 Å². The highest BCUT2D eigenvalue weighted by atomic mass is 16.3. The molecule has 0 aromatic rings. The minimum atomic E-state index is -1.56. The molecule has 0 aromatic carbocycles. The lowest BCUT2D eigenvalue weighted by Gasteiger charge is -2.41. The molecular weight excluding hydrogens is 1190 g/mol. The van der Waals surface area contributed by atoms with Gasteiger partial charge in [0.05, 0.1) is 6.61 Å². The number of carbonyl (C=O) groups is 12. The van der Waals surface area contributed by atoms with E-state index in [1.807, 2.05) is 62.3 Å². The second kappa shape index (κ2) is 40.1. The van der Waals surface area contributed by atoms with Crippen LogP contribution >= 0.6 is 0 Å². The summed E-state index contributed by atoms with van der Waals surface area (Å²) in [6, 6.07) is -13.6. The predicted molar refractivity (Wildman–Crippen MR) is 360 cm³/mol. The summed E-state index contributed by atoms with van der Waals surface area (Å²) in [6.45, 7) is 29.7. The number of carbonyl (C=O) groups excluding carboxylic acids is 12. The third kappa shape index (κ3) is 25.7. The smallest absolute Gasteiger partial charge is 0.248 e. The molecule has 0 aromatic heterocycles. The van der Waals surface area contributed by atoms with Crippen LogP contribution in [0.5, 0.6) is 0 Å². The van der Waals surface area contributed by atoms with E-state index in [1.54, 1.807) is 34.6 Å². The highest BCUT2D eigenvalue weighted by molar-refractivity contribution is 6.00. The third-order valence-corrected chi connectivity index (χ3v) is 17.9. The zero-order valence-electron chi connectivity index (χ0n) is 61.3. The maximum absolute atomic E-state index is 15.4. The summed E-state index contributed by atoms with van der Waals surface area (Å²) in [5.74, 6) is -9.16. The summed E-state index contributed by atoms with van der Waals surface area (Å²) in [5, 5.41) is 24.9. The summed E-state index contributed by atoms with van der Waals surface area (Å²) < 4.78 is 0. The Balaban J connectivity index is 4.37. The van der Waals surface area contributed by atoms with Crippen LogP contribution < -0.4 is 26.6 Å². The highest BCUT2D eigenvalue weighted by Crippen LogP contribution is 2.26. The van der Waals surface area contributed by atoms with Gasteiger partial charge in [0.15, 0.2) is 0 Å². The van der Waals surface area contributed by atoms with Crippen molar-refractivity contribution in [3.8, 4) is 0 Å². The van der Waals surface area contributed by atoms with Crippen LogP contribution in [0.2, 0.25) is 0 Å². The average molecular weight is 1320 g/mol. The Morgan fingerprint density at radius 1 is 0.430 bits per heavy atom. The van der Waals surface area contributed by atoms with E-state index >= 15 is 19.2 Å². The molecule has 1 aliphatic rings. The lowest BCUT2D eigenvalue weighted by Crippen LogP contribution is -2.62. The minimum absolute atomic E-state index is 0.0115. The number of aliphatic hydroxyl groups is 1. The van der Waals surface area contributed by atoms with Crippen LogP contribution in [0.25, 0.3) is 0 Å². The maximum atomic E-state index is 15.4. The van der Waals surface area contributed by atoms with Crippen molar-refractivity contribution in [2.24, 2.45) is 41.4 Å². The van der Waals surface area contributed by atoms with Crippen molar-refractivity contribution in [1.82, 2.24) is 60.9 Å². The summed E-state index contributed by atoms with van der Waals surface area (Å²) in [7, 11) is 10.0. The zero-order chi connectivity index (χ0) is 71.8. The molecule has 12 atom stereocenters. The molecule has 1 aliphatic heterocycles. The fraction of sp³-hybridized carbons (Fsp3) is 0.824. The maximum Gasteiger partial charge on any atom is 0.248 e. The first kappa shape index (κ1) is 84.6. The van der Waals surface area contributed by atoms with Gasteiger partial charge < -0.3 is 66.0 Å². The van der Waals surface area contributed by atoms with E-state index < -0.39 is 150 Å². The van der Waals surface area contributed by atoms with E-state index in [-0.39, 0.29) is 74.0 Å². The summed E-state index contributed by atoms with van der Waals surface area (Å²) in [5.41, 5.74) is 0. The molecule has 0 radical (unpaired) electrons. The second-order valence-corrected chi connectivity index (χ2v) is 28.7. The molecule has 0 saturated carbocycles. The van der Waals surface area contributed by atoms with Crippen molar-refractivity contribution >= 4 is 70.9 Å². The van der Waals surface area contributed by atoms with Crippen molar-refractivity contribution in [1.29, 1.82) is 0 Å². The topological polar surface area (TPSA) is 308 Å². The number of likely N-dealkylation sites (N-methyl/N-ethyl adjacent to an activating group) is 7. The molecular formula is C68H124N12O13. The van der Waals surface area contributed by atoms with Crippen LogP contribution in [-0.2, 0) is 57.5 Å². The number of hydrogen-bond donors (Lipinski definition) is 6. The molecule has 0 spiro atoms. The molecule has 93 heavy (non-hydrogen) atoms. The van der Waals surface area contributed by atoms with Crippen LogP contribution in [-0.4, -0.2) is 239 Å². The van der Waals surface area contributed by atoms with Gasteiger partial charge in [-0.2, -0.15) is 0 Å². The molecule has 534 valence electrons. The first-order valence-electron chi connectivity index (χ1n) is 34.0. The largest absolute Gasteiger partial charge is 0.394 e. The number of nitrogens with one attached hydrogen (secondary N) is 5. The molecule has 0 unspecified atom stereocenters. The van der Waals surface area contributed by atoms with Crippen molar-refractivity contribution in [3.05, 3.63) is 0 Å². The van der Waals surface area contributed by atoms with Crippen molar-refractivity contribution in [3.63, 3.8) is 0 Å². The Bertz CT molecular complexity index is 2490. The van der Waals surface area contributed by atoms with Crippen molar-refractivity contribution in [2.75, 3.05) is 62.5 Å². The van der Waals surface area contributed by atoms with E-state index in [4.69, 9.17) is 0 Å². The lowest BCUT2D eigenvalue weighted by atomic mass is 9.92. The van der Waals surface area contributed by atoms with Gasteiger partial charge in [0.25, 0.3) is 0 Å². The number of amides is 12. The van der Waals surface area contributed by atoms with Gasteiger partial charge in [-0.25, -0.2) is 0 Å². The van der Waals surface area contributed by atoms with Gasteiger partial charge in [-0.15, -0.1) is 0 Å². The molecule has 1 saturated heterocycles. The molecule has 0 bridgehead atoms. The Labute approximate surface area is 557 Å². The molecule has 12 amide bonds. The lowest BCUT2D eigenvalue weighted by molar-refractivity contribution is -0.156. The minimum Gasteiger partial charge on any atom is -0.394 e. The fourth-order valence-corrected chi connectivity index (χ4v) is 11.9. The Hall–Kier alpha value is -6.40. The van der Waals surface area contributed by atoms with Gasteiger partial charge in [0, 0.05) is 62.8 Å². The summed E-state index contributed by atoms with van der Waals surface area (Å²) >= 11 is 0. The first-order valence-corrected chi connectivity index (χ1v) is 34.0. The predicted octanol–water partition coefficient (Wildman–Crippen LogP) is 4.17. The third-order valence-electron chi connectivity index (χ3n) is 17.9. The SMILES string of the molecule is CC[C@H]1NC(=O)[C@@H](C[C@H](C)CCCCCCNC(C)=O)N(C)C(=O)[C@@H](C(C)C)N(C)C(=O)[C@@H](CCC(C)C)N(C)C(=O)[C@@H](CC(C)C)N(C)C(=O)[C@H](C)NC(=O)[C@@H](C)NC(=O)[C@@H](CC(C)C)N(C)C(=O)[C@@H](C(C)C)NC(=O)[C@H](CC(C)C)N(C)C(=O)[C@@H](CO)N(C)C1=O. The summed E-state index contributed by atoms with van der Waals surface area (Å²) in [4.78, 5) is 183. The number of rotatable bonds is 22. The van der Waals surface area contributed by atoms with E-state index in [1.165, 1.54) is 94.6 Å². The molecule has 1 heterocycles. The Morgan fingerprint density at radius 3 is 1.33 bits per heavy atom. The molecule has 1 rings (SSSR count). The zero-order valence-corrected chi connectivity index (χ0v) is 61.3. The Kier molecular flexibility index (Phi) is 36.5. The van der Waals surface area contributed by atoms with Crippen LogP contribution in [0.4, 0.5) is 0 Å². The molecule has 25 nitrogen and oxygen atoms in total. The van der Waals surface area contributed by atoms with Gasteiger partial charge in [-0.1, -0.05) is 123 Å². The average Bonchev–Trinajstić information content (AvgIpc) is 0.825. The van der Waals surface area contributed by atoms with Crippen LogP contribution in [0.1, 0.15) is 195 Å². The van der Waals surface area contributed by atoms with Crippen molar-refractivity contribution in [2.45, 2.75) is 261 Å². The fourth-order valence-electron chi connectivity index (χ4n) is 11.9. The normalized spacial score (nSPS) is 25.9. The molecule has 1 fully saturated rings. The second-order valence-electron chi connectivity index (χ2n) is 28.7. The Morgan fingerprint density at radius 2 is 0.849 bits per heavy atom. The van der Waals surface area contributed by atoms with Gasteiger partial charge in [-0.05, 0) is 107 Å². The molecule has 0 aliphatic carbocycles. The summed E-state index contributed by atoms with van der Waals surface area (Å²) in [6.07, 6.45) is 5.13. The number of aliphatic hydroxyl groups excluding tert-OH is 1. The number of hydrogen-bond acceptors (Lipinski definition) is 13. The van der Waals surface area contributed by atoms with E-state index in [0.29, 0.717) is 19.4 Å². The van der Waals surface area contributed by atoms with Crippen molar-refractivity contribution < 1.29 is 62.6 Å². The number of nitrogens with zero attached hydrogens (tertiary/aromatic N) is 7. The van der Waals surface area contributed by atoms with E-state index in [9.17, 15) is 43.5 Å². The van der Waals surface area contributed by atoms with Gasteiger partial charge >= 0.3 is 0 Å². The first-order chi connectivity index (χ1) is 43.1. The molecule has 6 N–H and O–H groups in total. The quantitative estimate of drug-likeness (QED) is 0.0831. The highest BCUT2D eigenvalue weighted by Gasteiger charge is 2.45. The van der Waals surface area contributed by atoms with E-state index in [2.05, 4.69) is 26.6 Å². The number of unbranched alkanes of at least 4 members (excludes halogenated alkanes) is 3.